The summed E-state index contributed by atoms with van der Waals surface area (Å²) in [7, 11) is 0. The van der Waals surface area contributed by atoms with Crippen molar-refractivity contribution in [1.82, 2.24) is 9.97 Å². The molecule has 3 nitrogen and oxygen atoms in total. The molecule has 0 saturated carbocycles. The van der Waals surface area contributed by atoms with Crippen LogP contribution < -0.4 is 4.90 Å². The van der Waals surface area contributed by atoms with Crippen LogP contribution in [-0.2, 0) is 0 Å². The zero-order valence-corrected chi connectivity index (χ0v) is 7.20. The fourth-order valence-electron chi connectivity index (χ4n) is 1.30. The number of nitrogens with zero attached hydrogens (tertiary/aromatic N) is 3. The van der Waals surface area contributed by atoms with Gasteiger partial charge in [0.2, 0.25) is 12.4 Å². The van der Waals surface area contributed by atoms with Crippen molar-refractivity contribution in [2.75, 3.05) is 18.0 Å². The largest absolute Gasteiger partial charge is 0.340 e. The Labute approximate surface area is 78.6 Å². The van der Waals surface area contributed by atoms with Gasteiger partial charge in [-0.25, -0.2) is 23.1 Å². The third kappa shape index (κ3) is 1.64. The molecule has 1 aliphatic heterocycles. The summed E-state index contributed by atoms with van der Waals surface area (Å²) >= 11 is 0. The fraction of sp³-hybridized carbons (Fsp3) is 0.500. The lowest BCUT2D eigenvalue weighted by Gasteiger charge is -2.38. The van der Waals surface area contributed by atoms with Crippen molar-refractivity contribution in [2.45, 2.75) is 6.43 Å². The molecule has 1 fully saturated rings. The molecule has 0 amide bonds. The molecule has 0 aromatic carbocycles. The van der Waals surface area contributed by atoms with Crippen molar-refractivity contribution >= 4 is 5.95 Å². The minimum Gasteiger partial charge on any atom is -0.340 e. The Morgan fingerprint density at radius 1 is 1.29 bits per heavy atom. The highest BCUT2D eigenvalue weighted by molar-refractivity contribution is 5.33. The Balaban J connectivity index is 1.96. The smallest absolute Gasteiger partial charge is 0.244 e. The topological polar surface area (TPSA) is 29.0 Å². The van der Waals surface area contributed by atoms with Gasteiger partial charge in [-0.15, -0.1) is 0 Å². The Kier molecular flexibility index (Phi) is 2.26. The van der Waals surface area contributed by atoms with Gasteiger partial charge in [0.15, 0.2) is 5.82 Å². The summed E-state index contributed by atoms with van der Waals surface area (Å²) in [5.74, 6) is -0.827. The maximum atomic E-state index is 12.4. The van der Waals surface area contributed by atoms with Gasteiger partial charge >= 0.3 is 0 Å². The van der Waals surface area contributed by atoms with Crippen molar-refractivity contribution in [2.24, 2.45) is 5.92 Å². The summed E-state index contributed by atoms with van der Waals surface area (Å²) < 4.78 is 36.6. The van der Waals surface area contributed by atoms with Crippen LogP contribution in [0, 0.1) is 11.7 Å². The van der Waals surface area contributed by atoms with E-state index in [2.05, 4.69) is 9.97 Å². The van der Waals surface area contributed by atoms with Gasteiger partial charge in [0.05, 0.1) is 18.3 Å². The van der Waals surface area contributed by atoms with Crippen LogP contribution in [0.4, 0.5) is 19.1 Å². The second-order valence-corrected chi connectivity index (χ2v) is 3.20. The number of hydrogen-bond acceptors (Lipinski definition) is 3. The average molecular weight is 203 g/mol. The van der Waals surface area contributed by atoms with E-state index in [1.165, 1.54) is 0 Å². The summed E-state index contributed by atoms with van der Waals surface area (Å²) in [5.41, 5.74) is 0. The summed E-state index contributed by atoms with van der Waals surface area (Å²) in [6.45, 7) is 0.479. The summed E-state index contributed by atoms with van der Waals surface area (Å²) in [6, 6.07) is 0. The quantitative estimate of drug-likeness (QED) is 0.725. The molecule has 0 atom stereocenters. The number of aromatic nitrogens is 2. The van der Waals surface area contributed by atoms with E-state index in [-0.39, 0.29) is 13.1 Å². The number of hydrogen-bond donors (Lipinski definition) is 0. The lowest BCUT2D eigenvalue weighted by Crippen LogP contribution is -2.50. The molecule has 0 unspecified atom stereocenters. The van der Waals surface area contributed by atoms with Crippen LogP contribution in [0.25, 0.3) is 0 Å². The Bertz CT molecular complexity index is 308. The van der Waals surface area contributed by atoms with E-state index in [1.807, 2.05) is 0 Å². The van der Waals surface area contributed by atoms with Gasteiger partial charge in [0, 0.05) is 13.1 Å². The molecule has 0 N–H and O–H groups in total. The second-order valence-electron chi connectivity index (χ2n) is 3.20. The Hall–Kier alpha value is -1.33. The molecule has 0 aliphatic carbocycles. The van der Waals surface area contributed by atoms with Crippen LogP contribution in [0.5, 0.6) is 0 Å². The molecule has 0 spiro atoms. The van der Waals surface area contributed by atoms with Gasteiger partial charge in [-0.05, 0) is 0 Å². The highest BCUT2D eigenvalue weighted by atomic mass is 19.3. The number of rotatable bonds is 2. The molecule has 0 radical (unpaired) electrons. The normalized spacial score (nSPS) is 17.3. The number of halogens is 3. The van der Waals surface area contributed by atoms with Crippen molar-refractivity contribution in [3.63, 3.8) is 0 Å². The number of alkyl halides is 2. The van der Waals surface area contributed by atoms with Gasteiger partial charge in [0.1, 0.15) is 0 Å². The zero-order valence-electron chi connectivity index (χ0n) is 7.20. The van der Waals surface area contributed by atoms with Crippen LogP contribution >= 0.6 is 0 Å². The lowest BCUT2D eigenvalue weighted by atomic mass is 10.0. The first-order valence-electron chi connectivity index (χ1n) is 4.17. The van der Waals surface area contributed by atoms with E-state index in [9.17, 15) is 13.2 Å². The van der Waals surface area contributed by atoms with Crippen LogP contribution in [0.2, 0.25) is 0 Å². The molecule has 0 bridgehead atoms. The van der Waals surface area contributed by atoms with E-state index in [4.69, 9.17) is 0 Å². The third-order valence-corrected chi connectivity index (χ3v) is 2.16. The van der Waals surface area contributed by atoms with E-state index in [1.54, 1.807) is 4.90 Å². The van der Waals surface area contributed by atoms with Crippen LogP contribution in [0.1, 0.15) is 0 Å². The van der Waals surface area contributed by atoms with Crippen LogP contribution in [0.15, 0.2) is 12.4 Å². The fourth-order valence-corrected chi connectivity index (χ4v) is 1.30. The highest BCUT2D eigenvalue weighted by Gasteiger charge is 2.35. The summed E-state index contributed by atoms with van der Waals surface area (Å²) in [5, 5.41) is 0. The van der Waals surface area contributed by atoms with Gasteiger partial charge in [0.25, 0.3) is 0 Å². The highest BCUT2D eigenvalue weighted by Crippen LogP contribution is 2.25. The monoisotopic (exact) mass is 203 g/mol. The molecule has 1 saturated heterocycles. The lowest BCUT2D eigenvalue weighted by molar-refractivity contribution is 0.0608. The van der Waals surface area contributed by atoms with E-state index in [0.29, 0.717) is 5.95 Å². The van der Waals surface area contributed by atoms with Gasteiger partial charge < -0.3 is 4.90 Å². The first-order chi connectivity index (χ1) is 6.66. The third-order valence-electron chi connectivity index (χ3n) is 2.16. The molecule has 14 heavy (non-hydrogen) atoms. The SMILES string of the molecule is Fc1cnc(N2CC(C(F)F)C2)nc1. The molecule has 2 rings (SSSR count). The summed E-state index contributed by atoms with van der Waals surface area (Å²) in [6.07, 6.45) is -0.248. The maximum Gasteiger partial charge on any atom is 0.244 e. The van der Waals surface area contributed by atoms with Crippen molar-refractivity contribution in [3.8, 4) is 0 Å². The minimum atomic E-state index is -2.30. The molecule has 2 heterocycles. The molecule has 1 aliphatic rings. The molecule has 1 aromatic heterocycles. The molecular formula is C8H8F3N3. The predicted molar refractivity (Wildman–Crippen MR) is 43.7 cm³/mol. The molecule has 76 valence electrons. The Morgan fingerprint density at radius 2 is 1.86 bits per heavy atom. The zero-order chi connectivity index (χ0) is 10.1. The van der Waals surface area contributed by atoms with Crippen molar-refractivity contribution in [3.05, 3.63) is 18.2 Å². The van der Waals surface area contributed by atoms with Crippen molar-refractivity contribution < 1.29 is 13.2 Å². The van der Waals surface area contributed by atoms with Crippen LogP contribution in [-0.4, -0.2) is 29.5 Å². The van der Waals surface area contributed by atoms with E-state index >= 15 is 0 Å². The molecule has 6 heteroatoms. The molecular weight excluding hydrogens is 195 g/mol. The first kappa shape index (κ1) is 9.23. The first-order valence-corrected chi connectivity index (χ1v) is 4.17. The van der Waals surface area contributed by atoms with Gasteiger partial charge in [-0.1, -0.05) is 0 Å². The maximum absolute atomic E-state index is 12.4. The second kappa shape index (κ2) is 3.43. The van der Waals surface area contributed by atoms with E-state index < -0.39 is 18.2 Å². The predicted octanol–water partition coefficient (Wildman–Crippen LogP) is 1.32. The molecule has 1 aromatic rings. The standard InChI is InChI=1S/C8H8F3N3/c9-6-1-12-8(13-2-6)14-3-5(4-14)7(10)11/h1-2,5,7H,3-4H2. The van der Waals surface area contributed by atoms with Gasteiger partial charge in [-0.3, -0.25) is 0 Å². The summed E-state index contributed by atoms with van der Waals surface area (Å²) in [4.78, 5) is 8.97. The van der Waals surface area contributed by atoms with Gasteiger partial charge in [-0.2, -0.15) is 0 Å². The minimum absolute atomic E-state index is 0.239. The Morgan fingerprint density at radius 3 is 2.36 bits per heavy atom. The average Bonchev–Trinajstić information content (AvgIpc) is 2.05. The van der Waals surface area contributed by atoms with E-state index in [0.717, 1.165) is 12.4 Å². The number of anilines is 1. The van der Waals surface area contributed by atoms with Crippen LogP contribution in [0.3, 0.4) is 0 Å². The van der Waals surface area contributed by atoms with Crippen molar-refractivity contribution in [1.29, 1.82) is 0 Å².